The van der Waals surface area contributed by atoms with Crippen LogP contribution in [0.25, 0.3) is 11.1 Å². The fraction of sp³-hybridized carbons (Fsp3) is 0.458. The number of aliphatic imine (C=N–C) groups is 1. The zero-order valence-electron chi connectivity index (χ0n) is 17.3. The standard InChI is InChI=1S/C24H30N2O2/c1-17-13-26(14-18(2)28-17)15-19-9-11-20(12-10-19)21-7-5-6-8-22(21)23-25-24(3,4)16-27-23/h5-12,17-18H,13-16H2,1-4H3. The molecule has 0 N–H and O–H groups in total. The monoisotopic (exact) mass is 378 g/mol. The molecule has 2 aromatic rings. The minimum absolute atomic E-state index is 0.154. The van der Waals surface area contributed by atoms with Crippen molar-refractivity contribution in [2.45, 2.75) is 52.0 Å². The molecule has 28 heavy (non-hydrogen) atoms. The van der Waals surface area contributed by atoms with Crippen molar-refractivity contribution in [1.82, 2.24) is 4.90 Å². The van der Waals surface area contributed by atoms with Gasteiger partial charge in [-0.25, -0.2) is 4.99 Å². The molecule has 1 saturated heterocycles. The highest BCUT2D eigenvalue weighted by atomic mass is 16.5. The van der Waals surface area contributed by atoms with Crippen molar-refractivity contribution in [2.75, 3.05) is 19.7 Å². The van der Waals surface area contributed by atoms with Gasteiger partial charge in [-0.1, -0.05) is 42.5 Å². The molecule has 0 amide bonds. The Morgan fingerprint density at radius 1 is 0.964 bits per heavy atom. The normalized spacial score (nSPS) is 24.6. The molecule has 0 saturated carbocycles. The second kappa shape index (κ2) is 7.69. The van der Waals surface area contributed by atoms with E-state index < -0.39 is 0 Å². The molecule has 0 aromatic heterocycles. The van der Waals surface area contributed by atoms with Gasteiger partial charge in [-0.05, 0) is 50.5 Å². The maximum atomic E-state index is 5.89. The van der Waals surface area contributed by atoms with Crippen molar-refractivity contribution in [2.24, 2.45) is 4.99 Å². The molecule has 2 aliphatic rings. The lowest BCUT2D eigenvalue weighted by atomic mass is 9.98. The summed E-state index contributed by atoms with van der Waals surface area (Å²) < 4.78 is 11.7. The van der Waals surface area contributed by atoms with Crippen molar-refractivity contribution in [3.8, 4) is 11.1 Å². The lowest BCUT2D eigenvalue weighted by molar-refractivity contribution is -0.0704. The van der Waals surface area contributed by atoms with Crippen LogP contribution in [0.2, 0.25) is 0 Å². The van der Waals surface area contributed by atoms with E-state index in [0.717, 1.165) is 31.1 Å². The average molecular weight is 379 g/mol. The van der Waals surface area contributed by atoms with Crippen LogP contribution < -0.4 is 0 Å². The van der Waals surface area contributed by atoms with Gasteiger partial charge in [0.05, 0.1) is 17.7 Å². The number of rotatable bonds is 4. The van der Waals surface area contributed by atoms with Crippen LogP contribution in [0, 0.1) is 0 Å². The summed E-state index contributed by atoms with van der Waals surface area (Å²) in [4.78, 5) is 7.24. The van der Waals surface area contributed by atoms with E-state index in [0.29, 0.717) is 18.8 Å². The Morgan fingerprint density at radius 2 is 1.61 bits per heavy atom. The first-order valence-electron chi connectivity index (χ1n) is 10.2. The Bertz CT molecular complexity index is 847. The molecule has 4 nitrogen and oxygen atoms in total. The Morgan fingerprint density at radius 3 is 2.21 bits per heavy atom. The molecule has 0 aliphatic carbocycles. The van der Waals surface area contributed by atoms with E-state index in [1.54, 1.807) is 0 Å². The van der Waals surface area contributed by atoms with Gasteiger partial charge in [0.2, 0.25) is 5.90 Å². The highest BCUT2D eigenvalue weighted by molar-refractivity contribution is 6.01. The first-order chi connectivity index (χ1) is 13.4. The molecule has 2 aliphatic heterocycles. The quantitative estimate of drug-likeness (QED) is 0.784. The number of ether oxygens (including phenoxy) is 2. The van der Waals surface area contributed by atoms with Crippen LogP contribution in [-0.2, 0) is 16.0 Å². The van der Waals surface area contributed by atoms with Crippen molar-refractivity contribution in [3.05, 3.63) is 59.7 Å². The molecule has 4 rings (SSSR count). The number of morpholine rings is 1. The summed E-state index contributed by atoms with van der Waals surface area (Å²) in [5.74, 6) is 0.751. The number of hydrogen-bond donors (Lipinski definition) is 0. The van der Waals surface area contributed by atoms with E-state index in [1.807, 2.05) is 6.07 Å². The highest BCUT2D eigenvalue weighted by Crippen LogP contribution is 2.29. The van der Waals surface area contributed by atoms with Gasteiger partial charge in [0.1, 0.15) is 6.61 Å². The van der Waals surface area contributed by atoms with Gasteiger partial charge in [0, 0.05) is 25.2 Å². The Hall–Kier alpha value is -2.17. The summed E-state index contributed by atoms with van der Waals surface area (Å²) in [5.41, 5.74) is 4.60. The Balaban J connectivity index is 1.54. The van der Waals surface area contributed by atoms with Crippen LogP contribution >= 0.6 is 0 Å². The van der Waals surface area contributed by atoms with E-state index in [2.05, 4.69) is 75.1 Å². The largest absolute Gasteiger partial charge is 0.475 e. The zero-order chi connectivity index (χ0) is 19.7. The number of nitrogens with zero attached hydrogens (tertiary/aromatic N) is 2. The van der Waals surface area contributed by atoms with Gasteiger partial charge in [-0.15, -0.1) is 0 Å². The molecule has 0 bridgehead atoms. The second-order valence-corrected chi connectivity index (χ2v) is 8.71. The summed E-state index contributed by atoms with van der Waals surface area (Å²) >= 11 is 0. The maximum absolute atomic E-state index is 5.89. The Kier molecular flexibility index (Phi) is 5.26. The number of hydrogen-bond acceptors (Lipinski definition) is 4. The molecule has 2 unspecified atom stereocenters. The van der Waals surface area contributed by atoms with Gasteiger partial charge < -0.3 is 9.47 Å². The van der Waals surface area contributed by atoms with Gasteiger partial charge in [-0.3, -0.25) is 4.90 Å². The third kappa shape index (κ3) is 4.29. The second-order valence-electron chi connectivity index (χ2n) is 8.71. The summed E-state index contributed by atoms with van der Waals surface area (Å²) in [5, 5.41) is 0. The molecular formula is C24H30N2O2. The summed E-state index contributed by atoms with van der Waals surface area (Å²) in [6.07, 6.45) is 0.595. The molecule has 148 valence electrons. The van der Waals surface area contributed by atoms with Gasteiger partial charge in [0.25, 0.3) is 0 Å². The fourth-order valence-electron chi connectivity index (χ4n) is 4.11. The first-order valence-corrected chi connectivity index (χ1v) is 10.2. The summed E-state index contributed by atoms with van der Waals surface area (Å²) in [6, 6.07) is 17.3. The van der Waals surface area contributed by atoms with Crippen LogP contribution in [0.4, 0.5) is 0 Å². The smallest absolute Gasteiger partial charge is 0.217 e. The van der Waals surface area contributed by atoms with Crippen LogP contribution in [0.1, 0.15) is 38.8 Å². The van der Waals surface area contributed by atoms with Crippen molar-refractivity contribution in [1.29, 1.82) is 0 Å². The van der Waals surface area contributed by atoms with E-state index in [4.69, 9.17) is 14.5 Å². The minimum atomic E-state index is -0.154. The van der Waals surface area contributed by atoms with E-state index in [9.17, 15) is 0 Å². The van der Waals surface area contributed by atoms with Gasteiger partial charge >= 0.3 is 0 Å². The molecule has 0 radical (unpaired) electrons. The topological polar surface area (TPSA) is 34.1 Å². The van der Waals surface area contributed by atoms with Crippen LogP contribution in [-0.4, -0.2) is 48.2 Å². The van der Waals surface area contributed by atoms with Gasteiger partial charge in [0.15, 0.2) is 0 Å². The third-order valence-electron chi connectivity index (χ3n) is 5.29. The van der Waals surface area contributed by atoms with E-state index in [-0.39, 0.29) is 5.54 Å². The summed E-state index contributed by atoms with van der Waals surface area (Å²) in [6.45, 7) is 12.1. The molecule has 2 aromatic carbocycles. The van der Waals surface area contributed by atoms with Crippen molar-refractivity contribution >= 4 is 5.90 Å². The van der Waals surface area contributed by atoms with Crippen molar-refractivity contribution < 1.29 is 9.47 Å². The third-order valence-corrected chi connectivity index (χ3v) is 5.29. The lowest BCUT2D eigenvalue weighted by Crippen LogP contribution is -2.44. The molecule has 0 spiro atoms. The minimum Gasteiger partial charge on any atom is -0.475 e. The highest BCUT2D eigenvalue weighted by Gasteiger charge is 2.28. The predicted molar refractivity (Wildman–Crippen MR) is 114 cm³/mol. The van der Waals surface area contributed by atoms with Gasteiger partial charge in [-0.2, -0.15) is 0 Å². The van der Waals surface area contributed by atoms with Crippen LogP contribution in [0.15, 0.2) is 53.5 Å². The average Bonchev–Trinajstić information content (AvgIpc) is 3.01. The van der Waals surface area contributed by atoms with Crippen LogP contribution in [0.3, 0.4) is 0 Å². The predicted octanol–water partition coefficient (Wildman–Crippen LogP) is 4.52. The molecule has 4 heteroatoms. The molecule has 1 fully saturated rings. The first kappa shape index (κ1) is 19.2. The van der Waals surface area contributed by atoms with Crippen LogP contribution in [0.5, 0.6) is 0 Å². The van der Waals surface area contributed by atoms with E-state index >= 15 is 0 Å². The molecule has 2 heterocycles. The SMILES string of the molecule is CC1CN(Cc2ccc(-c3ccccc3C3=NC(C)(C)CO3)cc2)CC(C)O1. The summed E-state index contributed by atoms with van der Waals surface area (Å²) in [7, 11) is 0. The zero-order valence-corrected chi connectivity index (χ0v) is 17.3. The maximum Gasteiger partial charge on any atom is 0.217 e. The van der Waals surface area contributed by atoms with Crippen molar-refractivity contribution in [3.63, 3.8) is 0 Å². The molecule has 2 atom stereocenters. The Labute approximate surface area is 168 Å². The van der Waals surface area contributed by atoms with E-state index in [1.165, 1.54) is 16.7 Å². The fourth-order valence-corrected chi connectivity index (χ4v) is 4.11. The molecular weight excluding hydrogens is 348 g/mol. The lowest BCUT2D eigenvalue weighted by Gasteiger charge is -2.35. The number of benzene rings is 2.